The van der Waals surface area contributed by atoms with Gasteiger partial charge in [-0.1, -0.05) is 0 Å². The van der Waals surface area contributed by atoms with Gasteiger partial charge in [0.25, 0.3) is 0 Å². The number of aryl methyl sites for hydroxylation is 1. The average Bonchev–Trinajstić information content (AvgIpc) is 3.00. The molecule has 2 saturated heterocycles. The molecule has 0 unspecified atom stereocenters. The summed E-state index contributed by atoms with van der Waals surface area (Å²) in [6.07, 6.45) is 10.4. The fraction of sp³-hybridized carbons (Fsp3) is 0.704. The monoisotopic (exact) mass is 491 g/mol. The molecule has 6 nitrogen and oxygen atoms in total. The highest BCUT2D eigenvalue weighted by Gasteiger charge is 2.43. The second-order valence-electron chi connectivity index (χ2n) is 11.3. The van der Waals surface area contributed by atoms with Crippen LogP contribution >= 0.6 is 0 Å². The molecule has 7 heteroatoms. The summed E-state index contributed by atoms with van der Waals surface area (Å²) in [5, 5.41) is 0. The predicted octanol–water partition coefficient (Wildman–Crippen LogP) is 5.39. The second-order valence-corrected chi connectivity index (χ2v) is 13.4. The molecule has 1 aliphatic carbocycles. The quantitative estimate of drug-likeness (QED) is 0.477. The lowest BCUT2D eigenvalue weighted by Crippen LogP contribution is -2.47. The average molecular weight is 492 g/mol. The molecule has 0 spiro atoms. The maximum Gasteiger partial charge on any atom is 0.182 e. The zero-order valence-electron chi connectivity index (χ0n) is 21.4. The highest BCUT2D eigenvalue weighted by atomic mass is 32.2. The van der Waals surface area contributed by atoms with E-state index >= 15 is 0 Å². The number of hydrogen-bond acceptors (Lipinski definition) is 6. The summed E-state index contributed by atoms with van der Waals surface area (Å²) in [6.45, 7) is 12.3. The van der Waals surface area contributed by atoms with Crippen LogP contribution in [0.5, 0.6) is 5.75 Å². The van der Waals surface area contributed by atoms with E-state index in [0.717, 1.165) is 55.7 Å². The summed E-state index contributed by atoms with van der Waals surface area (Å²) >= 11 is 0. The molecular weight excluding hydrogens is 450 g/mol. The maximum atomic E-state index is 11.8. The van der Waals surface area contributed by atoms with E-state index in [0.29, 0.717) is 29.2 Å². The van der Waals surface area contributed by atoms with Crippen molar-refractivity contribution in [3.8, 4) is 5.75 Å². The number of rotatable bonds is 7. The van der Waals surface area contributed by atoms with E-state index in [2.05, 4.69) is 32.3 Å². The minimum Gasteiger partial charge on any atom is -0.490 e. The van der Waals surface area contributed by atoms with Gasteiger partial charge in [0, 0.05) is 18.3 Å². The number of hydrogen-bond donors (Lipinski definition) is 0. The Kier molecular flexibility index (Phi) is 7.26. The molecule has 2 aliphatic heterocycles. The van der Waals surface area contributed by atoms with Crippen LogP contribution in [0.15, 0.2) is 35.6 Å². The number of nitrogens with zero attached hydrogens (tertiary/aromatic N) is 1. The first kappa shape index (κ1) is 25.4. The fourth-order valence-electron chi connectivity index (χ4n) is 5.77. The summed E-state index contributed by atoms with van der Waals surface area (Å²) in [7, 11) is -3.20. The predicted molar refractivity (Wildman–Crippen MR) is 134 cm³/mol. The number of ether oxygens (including phenoxy) is 3. The first-order valence-corrected chi connectivity index (χ1v) is 14.6. The molecule has 190 valence electrons. The van der Waals surface area contributed by atoms with Crippen LogP contribution < -0.4 is 4.74 Å². The highest BCUT2D eigenvalue weighted by Crippen LogP contribution is 2.41. The Hall–Kier alpha value is -1.73. The van der Waals surface area contributed by atoms with E-state index in [-0.39, 0.29) is 11.7 Å². The fourth-order valence-corrected chi connectivity index (χ4v) is 6.48. The van der Waals surface area contributed by atoms with E-state index in [1.54, 1.807) is 18.2 Å². The van der Waals surface area contributed by atoms with Gasteiger partial charge in [-0.15, -0.1) is 0 Å². The first-order chi connectivity index (χ1) is 15.9. The zero-order chi connectivity index (χ0) is 24.7. The SMILES string of the molecule is C=C(OC(C)(C)C)N1[C@@H]2CC[C@H]1C[C@H](O[C@H]1CC[C@H](Oc3ccc(S(C)(=O)=O)cc3C)CC1)C2. The Morgan fingerprint density at radius 1 is 0.971 bits per heavy atom. The van der Waals surface area contributed by atoms with Gasteiger partial charge in [0.15, 0.2) is 15.7 Å². The highest BCUT2D eigenvalue weighted by molar-refractivity contribution is 7.90. The standard InChI is InChI=1S/C27H41NO5S/c1-18-15-25(34(6,29)30)13-14-26(18)32-23-11-9-22(10-12-23)31-24-16-20-7-8-21(17-24)28(20)19(2)33-27(3,4)5/h13-15,20-24H,2,7-12,16-17H2,1,3-6H3/t20-,21+,22-,23-,24-. The van der Waals surface area contributed by atoms with Gasteiger partial charge in [0.2, 0.25) is 0 Å². The Morgan fingerprint density at radius 2 is 1.56 bits per heavy atom. The summed E-state index contributed by atoms with van der Waals surface area (Å²) in [5.41, 5.74) is 0.638. The van der Waals surface area contributed by atoms with Gasteiger partial charge in [-0.05, 0) is 109 Å². The summed E-state index contributed by atoms with van der Waals surface area (Å²) in [4.78, 5) is 2.75. The smallest absolute Gasteiger partial charge is 0.182 e. The molecular formula is C27H41NO5S. The second kappa shape index (κ2) is 9.73. The van der Waals surface area contributed by atoms with Crippen LogP contribution in [0.4, 0.5) is 0 Å². The third kappa shape index (κ3) is 6.09. The zero-order valence-corrected chi connectivity index (χ0v) is 22.2. The summed E-state index contributed by atoms with van der Waals surface area (Å²) in [6, 6.07) is 6.05. The topological polar surface area (TPSA) is 65.1 Å². The molecule has 3 aliphatic rings. The van der Waals surface area contributed by atoms with Crippen molar-refractivity contribution in [3.05, 3.63) is 36.2 Å². The van der Waals surface area contributed by atoms with Crippen molar-refractivity contribution in [2.75, 3.05) is 6.26 Å². The van der Waals surface area contributed by atoms with Crippen LogP contribution in [0.3, 0.4) is 0 Å². The molecule has 2 heterocycles. The van der Waals surface area contributed by atoms with Crippen molar-refractivity contribution in [3.63, 3.8) is 0 Å². The summed E-state index contributed by atoms with van der Waals surface area (Å²) in [5.74, 6) is 1.59. The van der Waals surface area contributed by atoms with Crippen molar-refractivity contribution >= 4 is 9.84 Å². The molecule has 3 atom stereocenters. The van der Waals surface area contributed by atoms with Crippen LogP contribution in [-0.2, 0) is 19.3 Å². The van der Waals surface area contributed by atoms with Gasteiger partial charge < -0.3 is 19.1 Å². The van der Waals surface area contributed by atoms with Crippen LogP contribution in [0, 0.1) is 6.92 Å². The van der Waals surface area contributed by atoms with E-state index in [1.807, 2.05) is 6.92 Å². The Labute approximate surface area is 205 Å². The minimum absolute atomic E-state index is 0.151. The van der Waals surface area contributed by atoms with Gasteiger partial charge in [0.05, 0.1) is 23.2 Å². The van der Waals surface area contributed by atoms with Crippen molar-refractivity contribution in [1.82, 2.24) is 4.90 Å². The molecule has 2 bridgehead atoms. The van der Waals surface area contributed by atoms with Crippen molar-refractivity contribution in [2.45, 2.75) is 120 Å². The third-order valence-corrected chi connectivity index (χ3v) is 8.39. The van der Waals surface area contributed by atoms with Crippen molar-refractivity contribution in [1.29, 1.82) is 0 Å². The lowest BCUT2D eigenvalue weighted by molar-refractivity contribution is -0.0911. The van der Waals surface area contributed by atoms with Gasteiger partial charge in [-0.2, -0.15) is 0 Å². The van der Waals surface area contributed by atoms with Gasteiger partial charge >= 0.3 is 0 Å². The van der Waals surface area contributed by atoms with Crippen LogP contribution in [-0.4, -0.2) is 55.6 Å². The van der Waals surface area contributed by atoms with E-state index in [4.69, 9.17) is 14.2 Å². The Balaban J connectivity index is 1.25. The lowest BCUT2D eigenvalue weighted by atomic mass is 9.93. The molecule has 1 aromatic carbocycles. The molecule has 4 rings (SSSR count). The lowest BCUT2D eigenvalue weighted by Gasteiger charge is -2.43. The molecule has 0 radical (unpaired) electrons. The normalized spacial score (nSPS) is 29.7. The number of piperidine rings is 1. The van der Waals surface area contributed by atoms with E-state index in [9.17, 15) is 8.42 Å². The number of fused-ring (bicyclic) bond motifs is 2. The van der Waals surface area contributed by atoms with E-state index < -0.39 is 9.84 Å². The maximum absolute atomic E-state index is 11.8. The van der Waals surface area contributed by atoms with Gasteiger partial charge in [0.1, 0.15) is 11.4 Å². The Morgan fingerprint density at radius 3 is 2.09 bits per heavy atom. The molecule has 34 heavy (non-hydrogen) atoms. The van der Waals surface area contributed by atoms with Gasteiger partial charge in [-0.3, -0.25) is 0 Å². The van der Waals surface area contributed by atoms with Gasteiger partial charge in [-0.25, -0.2) is 8.42 Å². The largest absolute Gasteiger partial charge is 0.490 e. The molecule has 1 saturated carbocycles. The van der Waals surface area contributed by atoms with Crippen LogP contribution in [0.2, 0.25) is 0 Å². The van der Waals surface area contributed by atoms with Crippen LogP contribution in [0.1, 0.15) is 77.7 Å². The number of benzene rings is 1. The Bertz CT molecular complexity index is 977. The number of sulfone groups is 1. The van der Waals surface area contributed by atoms with Crippen molar-refractivity contribution < 1.29 is 22.6 Å². The summed E-state index contributed by atoms with van der Waals surface area (Å²) < 4.78 is 42.5. The molecule has 0 aromatic heterocycles. The minimum atomic E-state index is -3.20. The van der Waals surface area contributed by atoms with Crippen LogP contribution in [0.25, 0.3) is 0 Å². The molecule has 0 N–H and O–H groups in total. The molecule has 3 fully saturated rings. The van der Waals surface area contributed by atoms with E-state index in [1.165, 1.54) is 19.1 Å². The molecule has 1 aromatic rings. The van der Waals surface area contributed by atoms with Crippen molar-refractivity contribution in [2.24, 2.45) is 0 Å². The first-order valence-electron chi connectivity index (χ1n) is 12.7. The third-order valence-electron chi connectivity index (χ3n) is 7.28. The molecule has 0 amide bonds.